The lowest BCUT2D eigenvalue weighted by Gasteiger charge is -2.33. The van der Waals surface area contributed by atoms with Gasteiger partial charge >= 0.3 is 6.18 Å². The normalized spacial score (nSPS) is 18.6. The van der Waals surface area contributed by atoms with E-state index >= 15 is 0 Å². The molecule has 27 heavy (non-hydrogen) atoms. The molecule has 2 aliphatic rings. The van der Waals surface area contributed by atoms with Crippen LogP contribution in [0.5, 0.6) is 0 Å². The van der Waals surface area contributed by atoms with Crippen LogP contribution in [-0.2, 0) is 11.0 Å². The Hall–Kier alpha value is -2.09. The van der Waals surface area contributed by atoms with E-state index in [2.05, 4.69) is 5.32 Å². The smallest absolute Gasteiger partial charge is 0.339 e. The van der Waals surface area contributed by atoms with Crippen molar-refractivity contribution in [1.29, 1.82) is 0 Å². The highest BCUT2D eigenvalue weighted by Crippen LogP contribution is 2.30. The lowest BCUT2D eigenvalue weighted by molar-refractivity contribution is -0.137. The highest BCUT2D eigenvalue weighted by molar-refractivity contribution is 5.96. The van der Waals surface area contributed by atoms with Crippen LogP contribution in [0.15, 0.2) is 24.3 Å². The predicted octanol–water partition coefficient (Wildman–Crippen LogP) is 2.52. The van der Waals surface area contributed by atoms with E-state index < -0.39 is 11.7 Å². The van der Waals surface area contributed by atoms with Gasteiger partial charge in [0.05, 0.1) is 5.56 Å². The second-order valence-electron chi connectivity index (χ2n) is 7.08. The fraction of sp³-hybridized carbons (Fsp3) is 0.579. The number of rotatable bonds is 4. The summed E-state index contributed by atoms with van der Waals surface area (Å²) in [6.45, 7) is 2.63. The van der Waals surface area contributed by atoms with Crippen molar-refractivity contribution in [2.75, 3.05) is 32.7 Å². The van der Waals surface area contributed by atoms with Crippen LogP contribution in [0.2, 0.25) is 0 Å². The molecular formula is C19H24F3N3O2. The SMILES string of the molecule is O=C(CN(C(=O)c1ccc(C(F)(F)F)cc1)C1CCCC1)N1CCNCC1. The van der Waals surface area contributed by atoms with E-state index in [1.165, 1.54) is 12.1 Å². The number of nitrogens with zero attached hydrogens (tertiary/aromatic N) is 2. The van der Waals surface area contributed by atoms with Gasteiger partial charge in [0.15, 0.2) is 0 Å². The molecule has 3 rings (SSSR count). The summed E-state index contributed by atoms with van der Waals surface area (Å²) in [7, 11) is 0. The van der Waals surface area contributed by atoms with E-state index in [1.807, 2.05) is 0 Å². The highest BCUT2D eigenvalue weighted by atomic mass is 19.4. The Labute approximate surface area is 156 Å². The topological polar surface area (TPSA) is 52.7 Å². The maximum Gasteiger partial charge on any atom is 0.416 e. The van der Waals surface area contributed by atoms with Crippen LogP contribution in [0.25, 0.3) is 0 Å². The summed E-state index contributed by atoms with van der Waals surface area (Å²) in [4.78, 5) is 28.9. The van der Waals surface area contributed by atoms with Crippen LogP contribution in [0.4, 0.5) is 13.2 Å². The second-order valence-corrected chi connectivity index (χ2v) is 7.08. The summed E-state index contributed by atoms with van der Waals surface area (Å²) in [5, 5.41) is 3.18. The Balaban J connectivity index is 1.75. The van der Waals surface area contributed by atoms with Crippen molar-refractivity contribution in [1.82, 2.24) is 15.1 Å². The van der Waals surface area contributed by atoms with Gasteiger partial charge in [-0.2, -0.15) is 13.2 Å². The molecule has 1 saturated heterocycles. The summed E-state index contributed by atoms with van der Waals surface area (Å²) < 4.78 is 38.3. The van der Waals surface area contributed by atoms with Crippen LogP contribution in [0.1, 0.15) is 41.6 Å². The van der Waals surface area contributed by atoms with Crippen LogP contribution in [0.3, 0.4) is 0 Å². The second kappa shape index (κ2) is 8.29. The van der Waals surface area contributed by atoms with Crippen molar-refractivity contribution >= 4 is 11.8 Å². The third-order valence-electron chi connectivity index (χ3n) is 5.26. The molecule has 1 aliphatic heterocycles. The molecule has 1 aliphatic carbocycles. The van der Waals surface area contributed by atoms with Crippen LogP contribution in [-0.4, -0.2) is 60.4 Å². The fourth-order valence-corrected chi connectivity index (χ4v) is 3.71. The molecule has 148 valence electrons. The van der Waals surface area contributed by atoms with Crippen molar-refractivity contribution in [3.05, 3.63) is 35.4 Å². The molecule has 1 N–H and O–H groups in total. The first-order valence-electron chi connectivity index (χ1n) is 9.33. The number of carbonyl (C=O) groups is 2. The molecule has 2 fully saturated rings. The number of amides is 2. The number of hydrogen-bond donors (Lipinski definition) is 1. The van der Waals surface area contributed by atoms with Crippen molar-refractivity contribution < 1.29 is 22.8 Å². The molecule has 1 aromatic carbocycles. The zero-order chi connectivity index (χ0) is 19.4. The lowest BCUT2D eigenvalue weighted by Crippen LogP contribution is -2.52. The molecule has 0 bridgehead atoms. The van der Waals surface area contributed by atoms with Gasteiger partial charge in [0.25, 0.3) is 5.91 Å². The average Bonchev–Trinajstić information content (AvgIpc) is 3.20. The molecule has 0 radical (unpaired) electrons. The molecule has 0 atom stereocenters. The quantitative estimate of drug-likeness (QED) is 0.869. The monoisotopic (exact) mass is 383 g/mol. The number of benzene rings is 1. The van der Waals surface area contributed by atoms with Crippen molar-refractivity contribution in [2.24, 2.45) is 0 Å². The molecular weight excluding hydrogens is 359 g/mol. The molecule has 8 heteroatoms. The van der Waals surface area contributed by atoms with E-state index in [9.17, 15) is 22.8 Å². The molecule has 5 nitrogen and oxygen atoms in total. The van der Waals surface area contributed by atoms with Gasteiger partial charge in [0.1, 0.15) is 6.54 Å². The number of hydrogen-bond acceptors (Lipinski definition) is 3. The van der Waals surface area contributed by atoms with Gasteiger partial charge in [-0.05, 0) is 37.1 Å². The summed E-state index contributed by atoms with van der Waals surface area (Å²) in [6.07, 6.45) is -0.819. The van der Waals surface area contributed by atoms with E-state index in [-0.39, 0.29) is 30.0 Å². The van der Waals surface area contributed by atoms with Gasteiger partial charge in [-0.1, -0.05) is 12.8 Å². The minimum Gasteiger partial charge on any atom is -0.339 e. The van der Waals surface area contributed by atoms with Crippen LogP contribution < -0.4 is 5.32 Å². The van der Waals surface area contributed by atoms with Crippen molar-refractivity contribution in [3.63, 3.8) is 0 Å². The van der Waals surface area contributed by atoms with Crippen molar-refractivity contribution in [3.8, 4) is 0 Å². The van der Waals surface area contributed by atoms with E-state index in [0.717, 1.165) is 50.9 Å². The maximum absolute atomic E-state index is 13.0. The molecule has 1 aromatic rings. The van der Waals surface area contributed by atoms with E-state index in [1.54, 1.807) is 9.80 Å². The number of piperazine rings is 1. The largest absolute Gasteiger partial charge is 0.416 e. The number of halogens is 3. The van der Waals surface area contributed by atoms with Gasteiger partial charge in [0, 0.05) is 37.8 Å². The van der Waals surface area contributed by atoms with Crippen LogP contribution >= 0.6 is 0 Å². The summed E-state index contributed by atoms with van der Waals surface area (Å²) in [5.74, 6) is -0.484. The number of carbonyl (C=O) groups excluding carboxylic acids is 2. The Kier molecular flexibility index (Phi) is 6.04. The summed E-state index contributed by atoms with van der Waals surface area (Å²) in [5.41, 5.74) is -0.605. The third kappa shape index (κ3) is 4.80. The Bertz CT molecular complexity index is 664. The van der Waals surface area contributed by atoms with Gasteiger partial charge < -0.3 is 15.1 Å². The number of nitrogens with one attached hydrogen (secondary N) is 1. The minimum absolute atomic E-state index is 0.0233. The maximum atomic E-state index is 13.0. The Morgan fingerprint density at radius 3 is 2.22 bits per heavy atom. The number of alkyl halides is 3. The van der Waals surface area contributed by atoms with E-state index in [4.69, 9.17) is 0 Å². The highest BCUT2D eigenvalue weighted by Gasteiger charge is 2.33. The molecule has 1 heterocycles. The van der Waals surface area contributed by atoms with Crippen molar-refractivity contribution in [2.45, 2.75) is 37.9 Å². The zero-order valence-electron chi connectivity index (χ0n) is 15.1. The molecule has 0 aromatic heterocycles. The molecule has 1 saturated carbocycles. The Morgan fingerprint density at radius 2 is 1.67 bits per heavy atom. The summed E-state index contributed by atoms with van der Waals surface area (Å²) >= 11 is 0. The Morgan fingerprint density at radius 1 is 1.07 bits per heavy atom. The fourth-order valence-electron chi connectivity index (χ4n) is 3.71. The molecule has 2 amide bonds. The van der Waals surface area contributed by atoms with E-state index in [0.29, 0.717) is 13.1 Å². The van der Waals surface area contributed by atoms with Gasteiger partial charge in [-0.15, -0.1) is 0 Å². The molecule has 0 spiro atoms. The first-order valence-corrected chi connectivity index (χ1v) is 9.33. The first-order chi connectivity index (χ1) is 12.9. The average molecular weight is 383 g/mol. The summed E-state index contributed by atoms with van der Waals surface area (Å²) in [6, 6.07) is 4.19. The standard InChI is InChI=1S/C19H24F3N3O2/c20-19(21,22)15-7-5-14(6-8-15)18(27)25(16-3-1-2-4-16)13-17(26)24-11-9-23-10-12-24/h5-8,16,23H,1-4,9-13H2. The lowest BCUT2D eigenvalue weighted by atomic mass is 10.1. The van der Waals surface area contributed by atoms with Gasteiger partial charge in [-0.25, -0.2) is 0 Å². The molecule has 0 unspecified atom stereocenters. The minimum atomic E-state index is -4.44. The zero-order valence-corrected chi connectivity index (χ0v) is 15.1. The van der Waals surface area contributed by atoms with Gasteiger partial charge in [-0.3, -0.25) is 9.59 Å². The van der Waals surface area contributed by atoms with Gasteiger partial charge in [0.2, 0.25) is 5.91 Å². The third-order valence-corrected chi connectivity index (χ3v) is 5.26. The van der Waals surface area contributed by atoms with Crippen LogP contribution in [0, 0.1) is 0 Å². The predicted molar refractivity (Wildman–Crippen MR) is 94.2 cm³/mol. The first kappa shape index (κ1) is 19.7.